The van der Waals surface area contributed by atoms with E-state index in [0.29, 0.717) is 4.83 Å². The molecule has 1 unspecified atom stereocenters. The number of para-hydroxylation sites is 1. The molecule has 2 heteroatoms. The number of rotatable bonds is 8. The van der Waals surface area contributed by atoms with Crippen LogP contribution < -0.4 is 4.74 Å². The van der Waals surface area contributed by atoms with Gasteiger partial charge in [0.25, 0.3) is 0 Å². The minimum atomic E-state index is 0.445. The molecule has 0 spiro atoms. The first kappa shape index (κ1) is 16.1. The van der Waals surface area contributed by atoms with Gasteiger partial charge in [-0.3, -0.25) is 0 Å². The highest BCUT2D eigenvalue weighted by Gasteiger charge is 2.07. The first-order valence-electron chi connectivity index (χ1n) is 7.76. The number of ether oxygens (including phenoxy) is 1. The van der Waals surface area contributed by atoms with E-state index in [4.69, 9.17) is 4.74 Å². The number of hydrogen-bond acceptors (Lipinski definition) is 1. The van der Waals surface area contributed by atoms with Gasteiger partial charge in [-0.1, -0.05) is 78.9 Å². The summed E-state index contributed by atoms with van der Waals surface area (Å²) in [5, 5.41) is 0. The van der Waals surface area contributed by atoms with Crippen LogP contribution in [0.2, 0.25) is 0 Å². The van der Waals surface area contributed by atoms with Crippen LogP contribution in [0.25, 0.3) is 0 Å². The highest BCUT2D eigenvalue weighted by atomic mass is 79.9. The number of alkyl halides is 1. The summed E-state index contributed by atoms with van der Waals surface area (Å²) in [5.74, 6) is 1.76. The summed E-state index contributed by atoms with van der Waals surface area (Å²) in [4.78, 5) is 0.445. The van der Waals surface area contributed by atoms with E-state index in [-0.39, 0.29) is 0 Å². The Kier molecular flexibility index (Phi) is 6.81. The fraction of sp³-hybridized carbons (Fsp3) is 0.368. The largest absolute Gasteiger partial charge is 0.457 e. The maximum absolute atomic E-state index is 5.81. The molecule has 2 rings (SSSR count). The molecule has 0 aliphatic rings. The topological polar surface area (TPSA) is 9.23 Å². The van der Waals surface area contributed by atoms with Crippen molar-refractivity contribution < 1.29 is 4.74 Å². The maximum Gasteiger partial charge on any atom is 0.127 e. The Hall–Kier alpha value is -1.28. The average molecular weight is 347 g/mol. The van der Waals surface area contributed by atoms with E-state index in [1.807, 2.05) is 42.5 Å². The number of unbranched alkanes of at least 4 members (excludes halogenated alkanes) is 3. The van der Waals surface area contributed by atoms with Crippen LogP contribution >= 0.6 is 15.9 Å². The van der Waals surface area contributed by atoms with Crippen molar-refractivity contribution in [2.75, 3.05) is 0 Å². The molecule has 2 aromatic carbocycles. The van der Waals surface area contributed by atoms with Gasteiger partial charge in [-0.15, -0.1) is 0 Å². The maximum atomic E-state index is 5.81. The lowest BCUT2D eigenvalue weighted by Gasteiger charge is -2.11. The quantitative estimate of drug-likeness (QED) is 0.373. The molecule has 0 radical (unpaired) electrons. The summed E-state index contributed by atoms with van der Waals surface area (Å²) >= 11 is 3.79. The Morgan fingerprint density at radius 2 is 1.52 bits per heavy atom. The van der Waals surface area contributed by atoms with Crippen LogP contribution in [0, 0.1) is 0 Å². The summed E-state index contributed by atoms with van der Waals surface area (Å²) in [6, 6.07) is 18.3. The van der Waals surface area contributed by atoms with Crippen LogP contribution in [0.5, 0.6) is 11.5 Å². The molecule has 0 fully saturated rings. The van der Waals surface area contributed by atoms with Gasteiger partial charge in [0.05, 0.1) is 0 Å². The van der Waals surface area contributed by atoms with Gasteiger partial charge in [0.15, 0.2) is 0 Å². The molecule has 112 valence electrons. The molecule has 0 bridgehead atoms. The molecule has 0 N–H and O–H groups in total. The summed E-state index contributed by atoms with van der Waals surface area (Å²) in [6.45, 7) is 2.25. The third kappa shape index (κ3) is 5.55. The second kappa shape index (κ2) is 8.89. The molecule has 0 heterocycles. The first-order valence-corrected chi connectivity index (χ1v) is 8.68. The zero-order valence-corrected chi connectivity index (χ0v) is 14.2. The van der Waals surface area contributed by atoms with E-state index in [0.717, 1.165) is 11.5 Å². The normalized spacial score (nSPS) is 12.1. The van der Waals surface area contributed by atoms with Gasteiger partial charge in [0.1, 0.15) is 11.5 Å². The van der Waals surface area contributed by atoms with Crippen molar-refractivity contribution in [1.82, 2.24) is 0 Å². The van der Waals surface area contributed by atoms with Crippen LogP contribution in [0.1, 0.15) is 49.4 Å². The molecule has 0 aliphatic carbocycles. The zero-order valence-electron chi connectivity index (χ0n) is 12.6. The molecule has 0 aliphatic heterocycles. The molecule has 0 saturated carbocycles. The van der Waals surface area contributed by atoms with Crippen molar-refractivity contribution in [3.63, 3.8) is 0 Å². The van der Waals surface area contributed by atoms with E-state index in [1.54, 1.807) is 0 Å². The van der Waals surface area contributed by atoms with Crippen LogP contribution in [-0.4, -0.2) is 0 Å². The Labute approximate surface area is 136 Å². The van der Waals surface area contributed by atoms with E-state index in [2.05, 4.69) is 35.0 Å². The SMILES string of the molecule is CCCCCCC(Br)c1ccc(Oc2ccccc2)cc1. The van der Waals surface area contributed by atoms with Crippen molar-refractivity contribution >= 4 is 15.9 Å². The zero-order chi connectivity index (χ0) is 14.9. The average Bonchev–Trinajstić information content (AvgIpc) is 2.53. The van der Waals surface area contributed by atoms with Gasteiger partial charge in [-0.05, 0) is 36.2 Å². The van der Waals surface area contributed by atoms with E-state index >= 15 is 0 Å². The lowest BCUT2D eigenvalue weighted by molar-refractivity contribution is 0.482. The lowest BCUT2D eigenvalue weighted by Crippen LogP contribution is -1.91. The van der Waals surface area contributed by atoms with E-state index in [9.17, 15) is 0 Å². The Bertz CT molecular complexity index is 507. The van der Waals surface area contributed by atoms with Crippen LogP contribution in [-0.2, 0) is 0 Å². The van der Waals surface area contributed by atoms with Crippen LogP contribution in [0.15, 0.2) is 54.6 Å². The summed E-state index contributed by atoms with van der Waals surface area (Å²) in [6.07, 6.45) is 6.43. The van der Waals surface area contributed by atoms with Crippen molar-refractivity contribution in [3.05, 3.63) is 60.2 Å². The van der Waals surface area contributed by atoms with Crippen LogP contribution in [0.3, 0.4) is 0 Å². The first-order chi connectivity index (χ1) is 10.3. The monoisotopic (exact) mass is 346 g/mol. The van der Waals surface area contributed by atoms with Crippen LogP contribution in [0.4, 0.5) is 0 Å². The standard InChI is InChI=1S/C19H23BrO/c1-2-3-4-8-11-19(20)16-12-14-18(15-13-16)21-17-9-6-5-7-10-17/h5-7,9-10,12-15,19H,2-4,8,11H2,1H3. The van der Waals surface area contributed by atoms with E-state index < -0.39 is 0 Å². The molecule has 21 heavy (non-hydrogen) atoms. The predicted molar refractivity (Wildman–Crippen MR) is 93.4 cm³/mol. The molecule has 0 saturated heterocycles. The minimum Gasteiger partial charge on any atom is -0.457 e. The van der Waals surface area contributed by atoms with Crippen molar-refractivity contribution in [2.24, 2.45) is 0 Å². The van der Waals surface area contributed by atoms with Crippen molar-refractivity contribution in [2.45, 2.75) is 43.9 Å². The molecular weight excluding hydrogens is 324 g/mol. The fourth-order valence-electron chi connectivity index (χ4n) is 2.29. The predicted octanol–water partition coefficient (Wildman–Crippen LogP) is 6.89. The number of halogens is 1. The second-order valence-electron chi connectivity index (χ2n) is 5.30. The number of benzene rings is 2. The molecule has 0 amide bonds. The molecule has 1 atom stereocenters. The Morgan fingerprint density at radius 3 is 2.19 bits per heavy atom. The minimum absolute atomic E-state index is 0.445. The highest BCUT2D eigenvalue weighted by molar-refractivity contribution is 9.09. The van der Waals surface area contributed by atoms with Crippen molar-refractivity contribution in [1.29, 1.82) is 0 Å². The summed E-state index contributed by atoms with van der Waals surface area (Å²) in [5.41, 5.74) is 1.33. The highest BCUT2D eigenvalue weighted by Crippen LogP contribution is 2.30. The molecule has 1 nitrogen and oxygen atoms in total. The summed E-state index contributed by atoms with van der Waals surface area (Å²) in [7, 11) is 0. The number of hydrogen-bond donors (Lipinski definition) is 0. The molecule has 0 aromatic heterocycles. The summed E-state index contributed by atoms with van der Waals surface area (Å²) < 4.78 is 5.81. The van der Waals surface area contributed by atoms with Gasteiger partial charge < -0.3 is 4.74 Å². The van der Waals surface area contributed by atoms with Gasteiger partial charge in [0.2, 0.25) is 0 Å². The van der Waals surface area contributed by atoms with Gasteiger partial charge >= 0.3 is 0 Å². The smallest absolute Gasteiger partial charge is 0.127 e. The van der Waals surface area contributed by atoms with Gasteiger partial charge in [0, 0.05) is 4.83 Å². The third-order valence-corrected chi connectivity index (χ3v) is 4.52. The third-order valence-electron chi connectivity index (χ3n) is 3.53. The van der Waals surface area contributed by atoms with Gasteiger partial charge in [-0.2, -0.15) is 0 Å². The molecular formula is C19H23BrO. The lowest BCUT2D eigenvalue weighted by atomic mass is 10.1. The molecule has 2 aromatic rings. The Balaban J connectivity index is 1.86. The fourth-order valence-corrected chi connectivity index (χ4v) is 2.92. The second-order valence-corrected chi connectivity index (χ2v) is 6.41. The van der Waals surface area contributed by atoms with E-state index in [1.165, 1.54) is 37.7 Å². The Morgan fingerprint density at radius 1 is 0.857 bits per heavy atom. The van der Waals surface area contributed by atoms with Crippen molar-refractivity contribution in [3.8, 4) is 11.5 Å². The van der Waals surface area contributed by atoms with Gasteiger partial charge in [-0.25, -0.2) is 0 Å².